The van der Waals surface area contributed by atoms with Crippen LogP contribution in [0.25, 0.3) is 0 Å². The quantitative estimate of drug-likeness (QED) is 0.782. The van der Waals surface area contributed by atoms with E-state index in [0.29, 0.717) is 6.54 Å². The second-order valence-electron chi connectivity index (χ2n) is 5.40. The van der Waals surface area contributed by atoms with Gasteiger partial charge in [0.25, 0.3) is 0 Å². The number of amides is 1. The molecule has 1 aliphatic rings. The molecule has 5 nitrogen and oxygen atoms in total. The van der Waals surface area contributed by atoms with Crippen LogP contribution in [0.15, 0.2) is 30.3 Å². The van der Waals surface area contributed by atoms with E-state index in [2.05, 4.69) is 0 Å². The van der Waals surface area contributed by atoms with Crippen molar-refractivity contribution in [3.63, 3.8) is 0 Å². The van der Waals surface area contributed by atoms with E-state index in [9.17, 15) is 9.59 Å². The Hall–Kier alpha value is -2.04. The van der Waals surface area contributed by atoms with Crippen molar-refractivity contribution in [3.05, 3.63) is 35.9 Å². The summed E-state index contributed by atoms with van der Waals surface area (Å²) in [7, 11) is 0. The highest BCUT2D eigenvalue weighted by Crippen LogP contribution is 2.27. The molecule has 1 aromatic carbocycles. The Balaban J connectivity index is 2.23. The molecule has 2 atom stereocenters. The predicted octanol–water partition coefficient (Wildman–Crippen LogP) is 2.60. The van der Waals surface area contributed by atoms with E-state index in [0.717, 1.165) is 5.56 Å². The van der Waals surface area contributed by atoms with E-state index in [-0.39, 0.29) is 12.5 Å². The molecule has 1 aromatic rings. The van der Waals surface area contributed by atoms with Crippen LogP contribution >= 0.6 is 0 Å². The number of rotatable bonds is 5. The summed E-state index contributed by atoms with van der Waals surface area (Å²) in [4.78, 5) is 25.8. The van der Waals surface area contributed by atoms with Crippen LogP contribution in [0.4, 0.5) is 4.79 Å². The van der Waals surface area contributed by atoms with Crippen LogP contribution in [0, 0.1) is 5.92 Å². The molecule has 1 fully saturated rings. The van der Waals surface area contributed by atoms with Crippen LogP contribution in [-0.4, -0.2) is 35.7 Å². The third kappa shape index (κ3) is 3.35. The number of esters is 1. The molecule has 0 unspecified atom stereocenters. The first-order chi connectivity index (χ1) is 10.0. The SMILES string of the molecule is CCOC(=O)[C@H]1[C@H](C(C)C)OC(=O)N1Cc1ccccc1. The minimum absolute atomic E-state index is 0.0455. The summed E-state index contributed by atoms with van der Waals surface area (Å²) >= 11 is 0. The van der Waals surface area contributed by atoms with Crippen LogP contribution in [0.5, 0.6) is 0 Å². The summed E-state index contributed by atoms with van der Waals surface area (Å²) in [5.74, 6) is -0.359. The highest BCUT2D eigenvalue weighted by Gasteiger charge is 2.48. The van der Waals surface area contributed by atoms with Gasteiger partial charge in [-0.2, -0.15) is 0 Å². The maximum atomic E-state index is 12.2. The first kappa shape index (κ1) is 15.4. The van der Waals surface area contributed by atoms with Crippen molar-refractivity contribution < 1.29 is 19.1 Å². The number of carbonyl (C=O) groups excluding carboxylic acids is 2. The van der Waals surface area contributed by atoms with Gasteiger partial charge in [0.1, 0.15) is 6.10 Å². The Bertz CT molecular complexity index is 500. The number of benzene rings is 1. The monoisotopic (exact) mass is 291 g/mol. The lowest BCUT2D eigenvalue weighted by Crippen LogP contribution is -2.45. The Morgan fingerprint density at radius 2 is 2.00 bits per heavy atom. The summed E-state index contributed by atoms with van der Waals surface area (Å²) in [6, 6.07) is 8.85. The van der Waals surface area contributed by atoms with Crippen LogP contribution in [0.1, 0.15) is 26.3 Å². The summed E-state index contributed by atoms with van der Waals surface area (Å²) < 4.78 is 10.5. The van der Waals surface area contributed by atoms with Crippen LogP contribution < -0.4 is 0 Å². The van der Waals surface area contributed by atoms with Crippen molar-refractivity contribution >= 4 is 12.1 Å². The van der Waals surface area contributed by atoms with Gasteiger partial charge in [-0.1, -0.05) is 44.2 Å². The van der Waals surface area contributed by atoms with Gasteiger partial charge in [-0.3, -0.25) is 4.90 Å². The van der Waals surface area contributed by atoms with Crippen molar-refractivity contribution in [1.82, 2.24) is 4.90 Å². The fraction of sp³-hybridized carbons (Fsp3) is 0.500. The van der Waals surface area contributed by atoms with Crippen molar-refractivity contribution in [2.75, 3.05) is 6.61 Å². The van der Waals surface area contributed by atoms with Gasteiger partial charge in [-0.15, -0.1) is 0 Å². The average Bonchev–Trinajstić information content (AvgIpc) is 2.78. The molecule has 0 N–H and O–H groups in total. The van der Waals surface area contributed by atoms with E-state index in [1.165, 1.54) is 4.90 Å². The normalized spacial score (nSPS) is 21.5. The molecule has 1 saturated heterocycles. The molecule has 1 amide bonds. The number of hydrogen-bond acceptors (Lipinski definition) is 4. The molecule has 1 aliphatic heterocycles. The molecule has 0 aromatic heterocycles. The molecule has 114 valence electrons. The largest absolute Gasteiger partial charge is 0.464 e. The number of nitrogens with zero attached hydrogens (tertiary/aromatic N) is 1. The molecule has 0 saturated carbocycles. The zero-order valence-electron chi connectivity index (χ0n) is 12.6. The zero-order valence-corrected chi connectivity index (χ0v) is 12.6. The van der Waals surface area contributed by atoms with Gasteiger partial charge in [0.2, 0.25) is 0 Å². The standard InChI is InChI=1S/C16H21NO4/c1-4-20-15(18)13-14(11(2)3)21-16(19)17(13)10-12-8-6-5-7-9-12/h5-9,11,13-14H,4,10H2,1-3H3/t13-,14+/m1/s1. The molecule has 5 heteroatoms. The van der Waals surface area contributed by atoms with Gasteiger partial charge in [-0.05, 0) is 18.4 Å². The fourth-order valence-corrected chi connectivity index (χ4v) is 2.47. The maximum Gasteiger partial charge on any atom is 0.411 e. The highest BCUT2D eigenvalue weighted by molar-refractivity contribution is 5.85. The van der Waals surface area contributed by atoms with E-state index in [1.807, 2.05) is 44.2 Å². The number of cyclic esters (lactones) is 1. The zero-order chi connectivity index (χ0) is 15.4. The van der Waals surface area contributed by atoms with Gasteiger partial charge < -0.3 is 9.47 Å². The number of carbonyl (C=O) groups is 2. The van der Waals surface area contributed by atoms with Crippen LogP contribution in [0.2, 0.25) is 0 Å². The Labute approximate surface area is 124 Å². The third-order valence-corrected chi connectivity index (χ3v) is 3.50. The topological polar surface area (TPSA) is 55.8 Å². The van der Waals surface area contributed by atoms with E-state index >= 15 is 0 Å². The number of hydrogen-bond donors (Lipinski definition) is 0. The number of ether oxygens (including phenoxy) is 2. The summed E-state index contributed by atoms with van der Waals surface area (Å²) in [6.07, 6.45) is -0.934. The highest BCUT2D eigenvalue weighted by atomic mass is 16.6. The minimum atomic E-state index is -0.683. The Kier molecular flexibility index (Phi) is 4.83. The molecule has 1 heterocycles. The predicted molar refractivity (Wildman–Crippen MR) is 77.5 cm³/mol. The van der Waals surface area contributed by atoms with Gasteiger partial charge >= 0.3 is 12.1 Å². The third-order valence-electron chi connectivity index (χ3n) is 3.50. The summed E-state index contributed by atoms with van der Waals surface area (Å²) in [5, 5.41) is 0. The van der Waals surface area contributed by atoms with Crippen LogP contribution in [0.3, 0.4) is 0 Å². The lowest BCUT2D eigenvalue weighted by Gasteiger charge is -2.24. The van der Waals surface area contributed by atoms with Crippen LogP contribution in [-0.2, 0) is 20.8 Å². The summed E-state index contributed by atoms with van der Waals surface area (Å²) in [5.41, 5.74) is 0.952. The van der Waals surface area contributed by atoms with Gasteiger partial charge in [0.05, 0.1) is 13.2 Å². The Morgan fingerprint density at radius 1 is 1.33 bits per heavy atom. The smallest absolute Gasteiger partial charge is 0.411 e. The molecular formula is C16H21NO4. The molecule has 0 bridgehead atoms. The van der Waals surface area contributed by atoms with Crippen molar-refractivity contribution in [1.29, 1.82) is 0 Å². The summed E-state index contributed by atoms with van der Waals surface area (Å²) in [6.45, 7) is 6.23. The molecule has 0 aliphatic carbocycles. The second-order valence-corrected chi connectivity index (χ2v) is 5.40. The van der Waals surface area contributed by atoms with E-state index < -0.39 is 24.2 Å². The fourth-order valence-electron chi connectivity index (χ4n) is 2.47. The minimum Gasteiger partial charge on any atom is -0.464 e. The molecular weight excluding hydrogens is 270 g/mol. The first-order valence-corrected chi connectivity index (χ1v) is 7.22. The lowest BCUT2D eigenvalue weighted by molar-refractivity contribution is -0.150. The second kappa shape index (κ2) is 6.61. The van der Waals surface area contributed by atoms with Gasteiger partial charge in [0, 0.05) is 0 Å². The van der Waals surface area contributed by atoms with Crippen molar-refractivity contribution in [2.24, 2.45) is 5.92 Å². The Morgan fingerprint density at radius 3 is 2.57 bits per heavy atom. The van der Waals surface area contributed by atoms with Gasteiger partial charge in [-0.25, -0.2) is 9.59 Å². The van der Waals surface area contributed by atoms with Gasteiger partial charge in [0.15, 0.2) is 6.04 Å². The molecule has 2 rings (SSSR count). The molecule has 0 radical (unpaired) electrons. The lowest BCUT2D eigenvalue weighted by atomic mass is 9.99. The maximum absolute atomic E-state index is 12.2. The molecule has 21 heavy (non-hydrogen) atoms. The van der Waals surface area contributed by atoms with Crippen molar-refractivity contribution in [3.8, 4) is 0 Å². The van der Waals surface area contributed by atoms with E-state index in [1.54, 1.807) is 6.92 Å². The molecule has 0 spiro atoms. The average molecular weight is 291 g/mol. The van der Waals surface area contributed by atoms with Crippen molar-refractivity contribution in [2.45, 2.75) is 39.5 Å². The van der Waals surface area contributed by atoms with E-state index in [4.69, 9.17) is 9.47 Å². The first-order valence-electron chi connectivity index (χ1n) is 7.22.